The number of fused-ring (bicyclic) bond motifs is 1. The van der Waals surface area contributed by atoms with Crippen LogP contribution in [-0.4, -0.2) is 23.4 Å². The van der Waals surface area contributed by atoms with Crippen molar-refractivity contribution in [3.05, 3.63) is 35.9 Å². The molecule has 1 aliphatic rings. The van der Waals surface area contributed by atoms with E-state index >= 15 is 0 Å². The zero-order valence-electron chi connectivity index (χ0n) is 11.8. The molecule has 1 fully saturated rings. The van der Waals surface area contributed by atoms with Gasteiger partial charge < -0.3 is 10.6 Å². The Hall–Kier alpha value is -2.10. The Morgan fingerprint density at radius 1 is 1.35 bits per heavy atom. The van der Waals surface area contributed by atoms with Gasteiger partial charge in [-0.3, -0.25) is 5.41 Å². The predicted molar refractivity (Wildman–Crippen MR) is 83.4 cm³/mol. The minimum Gasteiger partial charge on any atom is -0.384 e. The number of amidine groups is 1. The molecule has 1 atom stereocenters. The SMILES string of the molecule is CC1CCCCN1c1nc2ccccc2cc1C(=N)N. The standard InChI is InChI=1S/C16H20N4/c1-11-6-4-5-9-20(11)16-13(15(17)18)10-12-7-2-3-8-14(12)19-16/h2-3,7-8,10-11H,4-6,9H2,1H3,(H3,17,18). The maximum absolute atomic E-state index is 7.85. The Bertz CT molecular complexity index is 650. The molecule has 0 amide bonds. The van der Waals surface area contributed by atoms with Crippen LogP contribution in [0.15, 0.2) is 30.3 Å². The van der Waals surface area contributed by atoms with E-state index in [2.05, 4.69) is 11.8 Å². The lowest BCUT2D eigenvalue weighted by Crippen LogP contribution is -2.39. The topological polar surface area (TPSA) is 66.0 Å². The summed E-state index contributed by atoms with van der Waals surface area (Å²) in [5, 5.41) is 8.88. The van der Waals surface area contributed by atoms with Gasteiger partial charge in [-0.1, -0.05) is 18.2 Å². The number of piperidine rings is 1. The second kappa shape index (κ2) is 5.12. The summed E-state index contributed by atoms with van der Waals surface area (Å²) in [5.41, 5.74) is 7.49. The van der Waals surface area contributed by atoms with Gasteiger partial charge in [0.25, 0.3) is 0 Å². The minimum absolute atomic E-state index is 0.0935. The molecule has 2 aromatic rings. The van der Waals surface area contributed by atoms with E-state index in [0.717, 1.165) is 28.8 Å². The molecule has 1 unspecified atom stereocenters. The van der Waals surface area contributed by atoms with E-state index in [1.165, 1.54) is 19.3 Å². The van der Waals surface area contributed by atoms with Gasteiger partial charge in [-0.25, -0.2) is 4.98 Å². The molecule has 0 bridgehead atoms. The van der Waals surface area contributed by atoms with Gasteiger partial charge >= 0.3 is 0 Å². The van der Waals surface area contributed by atoms with E-state index in [4.69, 9.17) is 16.1 Å². The van der Waals surface area contributed by atoms with E-state index in [0.29, 0.717) is 6.04 Å². The highest BCUT2D eigenvalue weighted by Crippen LogP contribution is 2.28. The van der Waals surface area contributed by atoms with Gasteiger partial charge in [0, 0.05) is 18.0 Å². The summed E-state index contributed by atoms with van der Waals surface area (Å²) in [6.45, 7) is 3.22. The van der Waals surface area contributed by atoms with E-state index in [1.807, 2.05) is 30.3 Å². The first-order valence-corrected chi connectivity index (χ1v) is 7.17. The van der Waals surface area contributed by atoms with Crippen molar-refractivity contribution in [2.75, 3.05) is 11.4 Å². The summed E-state index contributed by atoms with van der Waals surface area (Å²) in [4.78, 5) is 7.07. The van der Waals surface area contributed by atoms with Gasteiger partial charge in [-0.2, -0.15) is 0 Å². The van der Waals surface area contributed by atoms with Crippen LogP contribution in [0.5, 0.6) is 0 Å². The second-order valence-electron chi connectivity index (χ2n) is 5.50. The van der Waals surface area contributed by atoms with Crippen molar-refractivity contribution in [2.45, 2.75) is 32.2 Å². The highest BCUT2D eigenvalue weighted by molar-refractivity contribution is 6.03. The molecular formula is C16H20N4. The maximum Gasteiger partial charge on any atom is 0.140 e. The summed E-state index contributed by atoms with van der Waals surface area (Å²) < 4.78 is 0. The van der Waals surface area contributed by atoms with Gasteiger partial charge in [-0.05, 0) is 38.3 Å². The molecule has 0 radical (unpaired) electrons. The number of nitrogens with zero attached hydrogens (tertiary/aromatic N) is 2. The molecule has 0 saturated carbocycles. The lowest BCUT2D eigenvalue weighted by atomic mass is 10.0. The smallest absolute Gasteiger partial charge is 0.140 e. The number of anilines is 1. The molecule has 3 N–H and O–H groups in total. The normalized spacial score (nSPS) is 19.2. The lowest BCUT2D eigenvalue weighted by molar-refractivity contribution is 0.481. The molecule has 1 saturated heterocycles. The van der Waals surface area contributed by atoms with Crippen molar-refractivity contribution in [3.63, 3.8) is 0 Å². The van der Waals surface area contributed by atoms with Crippen molar-refractivity contribution in [3.8, 4) is 0 Å². The number of para-hydroxylation sites is 1. The Balaban J connectivity index is 2.16. The number of hydrogen-bond donors (Lipinski definition) is 2. The van der Waals surface area contributed by atoms with Crippen LogP contribution in [0.3, 0.4) is 0 Å². The molecule has 4 nitrogen and oxygen atoms in total. The highest BCUT2D eigenvalue weighted by atomic mass is 15.2. The number of rotatable bonds is 2. The second-order valence-corrected chi connectivity index (χ2v) is 5.50. The molecule has 4 heteroatoms. The molecule has 3 rings (SSSR count). The zero-order chi connectivity index (χ0) is 14.1. The fourth-order valence-electron chi connectivity index (χ4n) is 2.94. The number of nitrogens with two attached hydrogens (primary N) is 1. The Labute approximate surface area is 119 Å². The van der Waals surface area contributed by atoms with Crippen LogP contribution >= 0.6 is 0 Å². The molecule has 1 aliphatic heterocycles. The number of hydrogen-bond acceptors (Lipinski definition) is 3. The van der Waals surface area contributed by atoms with Gasteiger partial charge in [0.2, 0.25) is 0 Å². The van der Waals surface area contributed by atoms with E-state index < -0.39 is 0 Å². The predicted octanol–water partition coefficient (Wildman–Crippen LogP) is 2.90. The molecule has 1 aromatic heterocycles. The molecule has 104 valence electrons. The molecule has 0 spiro atoms. The number of nitrogen functional groups attached to an aromatic ring is 1. The van der Waals surface area contributed by atoms with Gasteiger partial charge in [0.15, 0.2) is 0 Å². The molecule has 0 aliphatic carbocycles. The average molecular weight is 268 g/mol. The first-order chi connectivity index (χ1) is 9.66. The molecule has 1 aromatic carbocycles. The van der Waals surface area contributed by atoms with Crippen LogP contribution in [0.1, 0.15) is 31.7 Å². The van der Waals surface area contributed by atoms with Crippen molar-refractivity contribution in [1.29, 1.82) is 5.41 Å². The van der Waals surface area contributed by atoms with Gasteiger partial charge in [-0.15, -0.1) is 0 Å². The largest absolute Gasteiger partial charge is 0.384 e. The first kappa shape index (κ1) is 12.9. The van der Waals surface area contributed by atoms with Gasteiger partial charge in [0.1, 0.15) is 11.7 Å². The van der Waals surface area contributed by atoms with Gasteiger partial charge in [0.05, 0.1) is 11.1 Å². The fraction of sp³-hybridized carbons (Fsp3) is 0.375. The van der Waals surface area contributed by atoms with Crippen molar-refractivity contribution in [2.24, 2.45) is 5.73 Å². The number of aromatic nitrogens is 1. The van der Waals surface area contributed by atoms with E-state index in [9.17, 15) is 0 Å². The summed E-state index contributed by atoms with van der Waals surface area (Å²) >= 11 is 0. The molecule has 2 heterocycles. The lowest BCUT2D eigenvalue weighted by Gasteiger charge is -2.35. The number of benzene rings is 1. The summed E-state index contributed by atoms with van der Waals surface area (Å²) in [6, 6.07) is 10.4. The third kappa shape index (κ3) is 2.22. The summed E-state index contributed by atoms with van der Waals surface area (Å²) in [6.07, 6.45) is 3.61. The van der Waals surface area contributed by atoms with Crippen LogP contribution in [0.2, 0.25) is 0 Å². The molecule has 20 heavy (non-hydrogen) atoms. The fourth-order valence-corrected chi connectivity index (χ4v) is 2.94. The average Bonchev–Trinajstić information content (AvgIpc) is 2.46. The Morgan fingerprint density at radius 3 is 2.90 bits per heavy atom. The van der Waals surface area contributed by atoms with Crippen LogP contribution in [0.25, 0.3) is 10.9 Å². The number of pyridine rings is 1. The maximum atomic E-state index is 7.85. The third-order valence-electron chi connectivity index (χ3n) is 4.07. The van der Waals surface area contributed by atoms with E-state index in [-0.39, 0.29) is 5.84 Å². The van der Waals surface area contributed by atoms with Crippen LogP contribution in [0, 0.1) is 5.41 Å². The van der Waals surface area contributed by atoms with Crippen LogP contribution in [0.4, 0.5) is 5.82 Å². The highest BCUT2D eigenvalue weighted by Gasteiger charge is 2.23. The first-order valence-electron chi connectivity index (χ1n) is 7.17. The molecular weight excluding hydrogens is 248 g/mol. The zero-order valence-corrected chi connectivity index (χ0v) is 11.8. The minimum atomic E-state index is 0.0935. The quantitative estimate of drug-likeness (QED) is 0.650. The summed E-state index contributed by atoms with van der Waals surface area (Å²) in [5.74, 6) is 0.958. The van der Waals surface area contributed by atoms with Crippen molar-refractivity contribution in [1.82, 2.24) is 4.98 Å². The number of nitrogens with one attached hydrogen (secondary N) is 1. The van der Waals surface area contributed by atoms with Crippen LogP contribution < -0.4 is 10.6 Å². The third-order valence-corrected chi connectivity index (χ3v) is 4.07. The summed E-state index contributed by atoms with van der Waals surface area (Å²) in [7, 11) is 0. The Kier molecular flexibility index (Phi) is 3.30. The van der Waals surface area contributed by atoms with E-state index in [1.54, 1.807) is 0 Å². The monoisotopic (exact) mass is 268 g/mol. The van der Waals surface area contributed by atoms with Crippen LogP contribution in [-0.2, 0) is 0 Å². The van der Waals surface area contributed by atoms with Crippen molar-refractivity contribution >= 4 is 22.6 Å². The Morgan fingerprint density at radius 2 is 2.15 bits per heavy atom. The van der Waals surface area contributed by atoms with Crippen molar-refractivity contribution < 1.29 is 0 Å².